The Balaban J connectivity index is 2.50. The van der Waals surface area contributed by atoms with Crippen LogP contribution in [-0.4, -0.2) is 5.84 Å². The van der Waals surface area contributed by atoms with E-state index in [1.165, 1.54) is 16.0 Å². The molecule has 0 aliphatic carbocycles. The Morgan fingerprint density at radius 2 is 1.93 bits per heavy atom. The maximum absolute atomic E-state index is 5.58. The zero-order valence-electron chi connectivity index (χ0n) is 8.53. The molecule has 0 fully saturated rings. The summed E-state index contributed by atoms with van der Waals surface area (Å²) in [6, 6.07) is 12.3. The predicted molar refractivity (Wildman–Crippen MR) is 64.7 cm³/mol. The van der Waals surface area contributed by atoms with E-state index in [-0.39, 0.29) is 0 Å². The fourth-order valence-electron chi connectivity index (χ4n) is 1.50. The van der Waals surface area contributed by atoms with Gasteiger partial charge in [0.15, 0.2) is 0 Å². The van der Waals surface area contributed by atoms with Gasteiger partial charge in [0, 0.05) is 4.88 Å². The third-order valence-corrected chi connectivity index (χ3v) is 3.57. The van der Waals surface area contributed by atoms with Gasteiger partial charge in [-0.15, -0.1) is 11.3 Å². The third-order valence-electron chi connectivity index (χ3n) is 2.24. The molecular formula is C12H13N2S+. The Morgan fingerprint density at radius 1 is 1.27 bits per heavy atom. The number of rotatable bonds is 2. The summed E-state index contributed by atoms with van der Waals surface area (Å²) in [5.41, 5.74) is 8.01. The van der Waals surface area contributed by atoms with E-state index in [4.69, 9.17) is 11.1 Å². The minimum atomic E-state index is 0.394. The van der Waals surface area contributed by atoms with Crippen molar-refractivity contribution < 1.29 is 5.41 Å². The second-order valence-electron chi connectivity index (χ2n) is 3.44. The standard InChI is InChI=1S/C12H12N2S/c1-8-7-10(12(13)14)15-11(8)9-5-3-2-4-6-9/h2-7H,1H3,(H3,13,14)/p+1. The lowest BCUT2D eigenvalue weighted by Crippen LogP contribution is -2.45. The zero-order chi connectivity index (χ0) is 10.8. The number of nitrogens with two attached hydrogens (primary N) is 2. The van der Waals surface area contributed by atoms with Gasteiger partial charge in [-0.25, -0.2) is 0 Å². The predicted octanol–water partition coefficient (Wildman–Crippen LogP) is 1.19. The summed E-state index contributed by atoms with van der Waals surface area (Å²) in [7, 11) is 0. The highest BCUT2D eigenvalue weighted by Gasteiger charge is 2.11. The Bertz CT molecular complexity index is 486. The number of amidine groups is 1. The van der Waals surface area contributed by atoms with Crippen LogP contribution in [0.1, 0.15) is 10.4 Å². The van der Waals surface area contributed by atoms with Crippen LogP contribution in [0.2, 0.25) is 0 Å². The van der Waals surface area contributed by atoms with Gasteiger partial charge in [0.2, 0.25) is 0 Å². The van der Waals surface area contributed by atoms with Crippen molar-refractivity contribution in [2.75, 3.05) is 0 Å². The fourth-order valence-corrected chi connectivity index (χ4v) is 2.55. The van der Waals surface area contributed by atoms with Crippen LogP contribution in [0.4, 0.5) is 0 Å². The van der Waals surface area contributed by atoms with E-state index in [9.17, 15) is 0 Å². The quantitative estimate of drug-likeness (QED) is 0.576. The SMILES string of the molecule is Cc1cc(C(N)=[NH2+])sc1-c1ccccc1. The summed E-state index contributed by atoms with van der Waals surface area (Å²) < 4.78 is 0. The van der Waals surface area contributed by atoms with Gasteiger partial charge in [-0.05, 0) is 24.1 Å². The normalized spacial score (nSPS) is 10.2. The van der Waals surface area contributed by atoms with Crippen LogP contribution in [-0.2, 0) is 0 Å². The highest BCUT2D eigenvalue weighted by molar-refractivity contribution is 7.17. The zero-order valence-corrected chi connectivity index (χ0v) is 9.34. The lowest BCUT2D eigenvalue weighted by Gasteiger charge is -1.97. The van der Waals surface area contributed by atoms with Crippen LogP contribution in [0.15, 0.2) is 36.4 Å². The molecule has 0 aliphatic heterocycles. The first-order valence-corrected chi connectivity index (χ1v) is 5.54. The second kappa shape index (κ2) is 3.87. The van der Waals surface area contributed by atoms with Crippen molar-refractivity contribution >= 4 is 17.2 Å². The summed E-state index contributed by atoms with van der Waals surface area (Å²) in [6.45, 7) is 2.07. The molecule has 0 bridgehead atoms. The molecule has 0 spiro atoms. The number of benzene rings is 1. The average molecular weight is 217 g/mol. The van der Waals surface area contributed by atoms with E-state index in [2.05, 4.69) is 19.1 Å². The number of aryl methyl sites for hydroxylation is 1. The van der Waals surface area contributed by atoms with Gasteiger partial charge < -0.3 is 0 Å². The van der Waals surface area contributed by atoms with Gasteiger partial charge in [0.1, 0.15) is 4.88 Å². The molecule has 2 rings (SSSR count). The van der Waals surface area contributed by atoms with E-state index < -0.39 is 0 Å². The highest BCUT2D eigenvalue weighted by Crippen LogP contribution is 2.31. The molecule has 1 heterocycles. The minimum Gasteiger partial charge on any atom is -0.286 e. The molecule has 0 unspecified atom stereocenters. The fraction of sp³-hybridized carbons (Fsp3) is 0.0833. The summed E-state index contributed by atoms with van der Waals surface area (Å²) in [4.78, 5) is 2.19. The smallest absolute Gasteiger partial charge is 0.280 e. The molecule has 1 aromatic heterocycles. The van der Waals surface area contributed by atoms with E-state index in [1.807, 2.05) is 24.3 Å². The van der Waals surface area contributed by atoms with Gasteiger partial charge in [-0.3, -0.25) is 11.1 Å². The molecular weight excluding hydrogens is 204 g/mol. The van der Waals surface area contributed by atoms with Gasteiger partial charge in [-0.1, -0.05) is 30.3 Å². The first-order chi connectivity index (χ1) is 7.18. The summed E-state index contributed by atoms with van der Waals surface area (Å²) >= 11 is 1.63. The Morgan fingerprint density at radius 3 is 2.47 bits per heavy atom. The Labute approximate surface area is 92.9 Å². The molecule has 0 atom stereocenters. The largest absolute Gasteiger partial charge is 0.286 e. The monoisotopic (exact) mass is 217 g/mol. The van der Waals surface area contributed by atoms with Crippen molar-refractivity contribution in [2.24, 2.45) is 5.73 Å². The molecule has 15 heavy (non-hydrogen) atoms. The Kier molecular flexibility index (Phi) is 2.56. The van der Waals surface area contributed by atoms with Crippen LogP contribution in [0, 0.1) is 6.92 Å². The highest BCUT2D eigenvalue weighted by atomic mass is 32.1. The lowest BCUT2D eigenvalue weighted by atomic mass is 10.1. The molecule has 0 radical (unpaired) electrons. The molecule has 0 aliphatic rings. The van der Waals surface area contributed by atoms with Crippen LogP contribution in [0.25, 0.3) is 10.4 Å². The lowest BCUT2D eigenvalue weighted by molar-refractivity contribution is -0.113. The molecule has 1 aromatic carbocycles. The third kappa shape index (κ3) is 1.92. The van der Waals surface area contributed by atoms with Crippen molar-refractivity contribution in [3.8, 4) is 10.4 Å². The molecule has 2 nitrogen and oxygen atoms in total. The van der Waals surface area contributed by atoms with Crippen molar-refractivity contribution in [1.82, 2.24) is 0 Å². The number of thiophene rings is 1. The first-order valence-electron chi connectivity index (χ1n) is 4.72. The van der Waals surface area contributed by atoms with Crippen LogP contribution < -0.4 is 11.1 Å². The molecule has 3 heteroatoms. The maximum atomic E-state index is 5.58. The van der Waals surface area contributed by atoms with E-state index >= 15 is 0 Å². The van der Waals surface area contributed by atoms with Crippen molar-refractivity contribution in [1.29, 1.82) is 0 Å². The van der Waals surface area contributed by atoms with Crippen molar-refractivity contribution in [2.45, 2.75) is 6.92 Å². The first kappa shape index (κ1) is 9.93. The second-order valence-corrected chi connectivity index (χ2v) is 4.50. The van der Waals surface area contributed by atoms with Gasteiger partial charge in [0.05, 0.1) is 0 Å². The topological polar surface area (TPSA) is 51.6 Å². The van der Waals surface area contributed by atoms with E-state index in [0.29, 0.717) is 5.84 Å². The summed E-state index contributed by atoms with van der Waals surface area (Å²) in [5, 5.41) is 5.58. The molecule has 4 N–H and O–H groups in total. The van der Waals surface area contributed by atoms with Gasteiger partial charge >= 0.3 is 0 Å². The van der Waals surface area contributed by atoms with Crippen molar-refractivity contribution in [3.05, 3.63) is 46.8 Å². The van der Waals surface area contributed by atoms with Crippen LogP contribution in [0.3, 0.4) is 0 Å². The van der Waals surface area contributed by atoms with Gasteiger partial charge in [-0.2, -0.15) is 0 Å². The maximum Gasteiger partial charge on any atom is 0.280 e. The van der Waals surface area contributed by atoms with Crippen LogP contribution in [0.5, 0.6) is 0 Å². The number of hydrogen-bond donors (Lipinski definition) is 2. The Hall–Kier alpha value is -1.61. The average Bonchev–Trinajstić information content (AvgIpc) is 2.62. The van der Waals surface area contributed by atoms with Crippen LogP contribution >= 0.6 is 11.3 Å². The van der Waals surface area contributed by atoms with E-state index in [1.54, 1.807) is 11.3 Å². The number of hydrogen-bond acceptors (Lipinski definition) is 1. The molecule has 76 valence electrons. The molecule has 2 aromatic rings. The van der Waals surface area contributed by atoms with E-state index in [0.717, 1.165) is 4.88 Å². The summed E-state index contributed by atoms with van der Waals surface area (Å²) in [5.74, 6) is 0.394. The van der Waals surface area contributed by atoms with Gasteiger partial charge in [0.25, 0.3) is 5.84 Å². The molecule has 0 saturated heterocycles. The summed E-state index contributed by atoms with van der Waals surface area (Å²) in [6.07, 6.45) is 0. The molecule has 0 saturated carbocycles. The molecule has 0 amide bonds. The van der Waals surface area contributed by atoms with Crippen molar-refractivity contribution in [3.63, 3.8) is 0 Å². The minimum absolute atomic E-state index is 0.394.